The third-order valence-electron chi connectivity index (χ3n) is 4.65. The van der Waals surface area contributed by atoms with Crippen LogP contribution < -0.4 is 4.90 Å². The molecule has 2 aromatic heterocycles. The molecule has 1 aliphatic rings. The third kappa shape index (κ3) is 2.95. The number of piperidine rings is 1. The van der Waals surface area contributed by atoms with E-state index in [2.05, 4.69) is 14.9 Å². The van der Waals surface area contributed by atoms with E-state index >= 15 is 0 Å². The Kier molecular flexibility index (Phi) is 4.09. The van der Waals surface area contributed by atoms with Crippen LogP contribution in [-0.2, 0) is 4.79 Å². The molecule has 0 radical (unpaired) electrons. The maximum absolute atomic E-state index is 13.2. The van der Waals surface area contributed by atoms with Gasteiger partial charge in [0, 0.05) is 24.0 Å². The number of nitrogens with zero attached hydrogens (tertiary/aromatic N) is 3. The second-order valence-corrected chi connectivity index (χ2v) is 6.99. The van der Waals surface area contributed by atoms with Crippen molar-refractivity contribution < 1.29 is 14.3 Å². The second-order valence-electron chi connectivity index (χ2n) is 6.13. The van der Waals surface area contributed by atoms with Crippen LogP contribution in [0, 0.1) is 11.7 Å². The number of hydrogen-bond acceptors (Lipinski definition) is 5. The van der Waals surface area contributed by atoms with Crippen molar-refractivity contribution in [1.82, 2.24) is 9.97 Å². The first-order chi connectivity index (χ1) is 12.1. The van der Waals surface area contributed by atoms with Crippen LogP contribution in [0.15, 0.2) is 36.0 Å². The number of carboxylic acid groups (broad SMARTS) is 1. The van der Waals surface area contributed by atoms with E-state index in [-0.39, 0.29) is 11.7 Å². The van der Waals surface area contributed by atoms with Crippen LogP contribution in [0.3, 0.4) is 0 Å². The van der Waals surface area contributed by atoms with Crippen molar-refractivity contribution in [3.63, 3.8) is 0 Å². The molecule has 0 amide bonds. The van der Waals surface area contributed by atoms with Gasteiger partial charge >= 0.3 is 5.97 Å². The van der Waals surface area contributed by atoms with E-state index in [1.54, 1.807) is 18.5 Å². The average molecular weight is 357 g/mol. The average Bonchev–Trinajstić information content (AvgIpc) is 3.07. The molecular formula is C18H16FN3O2S. The summed E-state index contributed by atoms with van der Waals surface area (Å²) in [6, 6.07) is 6.40. The molecular weight excluding hydrogens is 341 g/mol. The number of fused-ring (bicyclic) bond motifs is 1. The maximum atomic E-state index is 13.2. The molecule has 7 heteroatoms. The van der Waals surface area contributed by atoms with Crippen molar-refractivity contribution in [1.29, 1.82) is 0 Å². The smallest absolute Gasteiger partial charge is 0.306 e. The van der Waals surface area contributed by atoms with Crippen LogP contribution in [0.5, 0.6) is 0 Å². The van der Waals surface area contributed by atoms with Gasteiger partial charge in [0.15, 0.2) is 0 Å². The van der Waals surface area contributed by atoms with Crippen LogP contribution in [0.4, 0.5) is 10.2 Å². The minimum Gasteiger partial charge on any atom is -0.481 e. The third-order valence-corrected chi connectivity index (χ3v) is 5.54. The van der Waals surface area contributed by atoms with Crippen molar-refractivity contribution >= 4 is 33.3 Å². The van der Waals surface area contributed by atoms with E-state index < -0.39 is 5.97 Å². The normalized spacial score (nSPS) is 15.6. The Morgan fingerprint density at radius 1 is 1.20 bits per heavy atom. The summed E-state index contributed by atoms with van der Waals surface area (Å²) in [5, 5.41) is 12.1. The van der Waals surface area contributed by atoms with Gasteiger partial charge in [-0.15, -0.1) is 11.3 Å². The van der Waals surface area contributed by atoms with E-state index in [1.807, 2.05) is 5.38 Å². The minimum absolute atomic E-state index is 0.268. The highest BCUT2D eigenvalue weighted by atomic mass is 32.1. The zero-order chi connectivity index (χ0) is 17.4. The number of anilines is 1. The van der Waals surface area contributed by atoms with Gasteiger partial charge in [0.1, 0.15) is 22.8 Å². The van der Waals surface area contributed by atoms with E-state index in [9.17, 15) is 14.3 Å². The summed E-state index contributed by atoms with van der Waals surface area (Å²) in [4.78, 5) is 23.0. The molecule has 3 heterocycles. The summed E-state index contributed by atoms with van der Waals surface area (Å²) in [6.45, 7) is 1.31. The zero-order valence-electron chi connectivity index (χ0n) is 13.4. The molecule has 0 unspecified atom stereocenters. The van der Waals surface area contributed by atoms with Crippen molar-refractivity contribution in [2.24, 2.45) is 5.92 Å². The topological polar surface area (TPSA) is 66.3 Å². The first-order valence-corrected chi connectivity index (χ1v) is 8.97. The molecule has 128 valence electrons. The van der Waals surface area contributed by atoms with Crippen molar-refractivity contribution in [3.05, 3.63) is 41.8 Å². The Morgan fingerprint density at radius 3 is 2.60 bits per heavy atom. The summed E-state index contributed by atoms with van der Waals surface area (Å²) in [7, 11) is 0. The van der Waals surface area contributed by atoms with Crippen LogP contribution in [0.2, 0.25) is 0 Å². The van der Waals surface area contributed by atoms with Crippen molar-refractivity contribution in [3.8, 4) is 11.1 Å². The Balaban J connectivity index is 1.74. The van der Waals surface area contributed by atoms with Gasteiger partial charge in [0.25, 0.3) is 0 Å². The Morgan fingerprint density at radius 2 is 1.92 bits per heavy atom. The monoisotopic (exact) mass is 357 g/mol. The lowest BCUT2D eigenvalue weighted by Gasteiger charge is -2.31. The van der Waals surface area contributed by atoms with Crippen LogP contribution in [-0.4, -0.2) is 34.1 Å². The molecule has 0 atom stereocenters. The van der Waals surface area contributed by atoms with E-state index in [4.69, 9.17) is 0 Å². The van der Waals surface area contributed by atoms with Crippen LogP contribution >= 0.6 is 11.3 Å². The largest absolute Gasteiger partial charge is 0.481 e. The van der Waals surface area contributed by atoms with Gasteiger partial charge in [-0.1, -0.05) is 12.1 Å². The summed E-state index contributed by atoms with van der Waals surface area (Å²) in [5.41, 5.74) is 1.90. The number of rotatable bonds is 3. The van der Waals surface area contributed by atoms with Gasteiger partial charge in [-0.05, 0) is 30.5 Å². The fraction of sp³-hybridized carbons (Fsp3) is 0.278. The first-order valence-electron chi connectivity index (χ1n) is 8.09. The number of carboxylic acids is 1. The number of halogens is 1. The Hall–Kier alpha value is -2.54. The van der Waals surface area contributed by atoms with Gasteiger partial charge in [-0.2, -0.15) is 0 Å². The molecule has 1 aliphatic heterocycles. The highest BCUT2D eigenvalue weighted by molar-refractivity contribution is 7.17. The second kappa shape index (κ2) is 6.40. The highest BCUT2D eigenvalue weighted by Gasteiger charge is 2.27. The molecule has 1 saturated heterocycles. The van der Waals surface area contributed by atoms with Crippen LogP contribution in [0.25, 0.3) is 21.3 Å². The summed E-state index contributed by atoms with van der Waals surface area (Å²) < 4.78 is 13.2. The Labute approximate surface area is 147 Å². The molecule has 0 bridgehead atoms. The lowest BCUT2D eigenvalue weighted by Crippen LogP contribution is -2.36. The molecule has 5 nitrogen and oxygen atoms in total. The summed E-state index contributed by atoms with van der Waals surface area (Å²) in [5.74, 6) is -0.451. The molecule has 0 saturated carbocycles. The van der Waals surface area contributed by atoms with E-state index in [0.717, 1.165) is 27.2 Å². The maximum Gasteiger partial charge on any atom is 0.306 e. The molecule has 3 aromatic rings. The predicted octanol–water partition coefficient (Wildman–Crippen LogP) is 3.80. The Bertz CT molecular complexity index is 918. The lowest BCUT2D eigenvalue weighted by atomic mass is 9.96. The molecule has 1 fully saturated rings. The standard InChI is InChI=1S/C18H16FN3O2S/c19-13-3-1-11(2-4-13)14-9-25-17-15(14)16(20-10-21-17)22-7-5-12(6-8-22)18(23)24/h1-4,9-10,12H,5-8H2,(H,23,24). The number of thiophene rings is 1. The van der Waals surface area contributed by atoms with Gasteiger partial charge < -0.3 is 10.0 Å². The van der Waals surface area contributed by atoms with Crippen molar-refractivity contribution in [2.75, 3.05) is 18.0 Å². The molecule has 4 rings (SSSR count). The SMILES string of the molecule is O=C(O)C1CCN(c2ncnc3scc(-c4ccc(F)cc4)c23)CC1. The zero-order valence-corrected chi connectivity index (χ0v) is 14.2. The molecule has 1 N–H and O–H groups in total. The fourth-order valence-corrected chi connectivity index (χ4v) is 4.19. The van der Waals surface area contributed by atoms with Gasteiger partial charge in [0.2, 0.25) is 0 Å². The van der Waals surface area contributed by atoms with Gasteiger partial charge in [-0.3, -0.25) is 4.79 Å². The van der Waals surface area contributed by atoms with Crippen molar-refractivity contribution in [2.45, 2.75) is 12.8 Å². The number of benzene rings is 1. The number of hydrogen-bond donors (Lipinski definition) is 1. The fourth-order valence-electron chi connectivity index (χ4n) is 3.28. The summed E-state index contributed by atoms with van der Waals surface area (Å²) in [6.07, 6.45) is 2.76. The predicted molar refractivity (Wildman–Crippen MR) is 95.4 cm³/mol. The number of aliphatic carboxylic acids is 1. The van der Waals surface area contributed by atoms with Gasteiger partial charge in [-0.25, -0.2) is 14.4 Å². The molecule has 1 aromatic carbocycles. The summed E-state index contributed by atoms with van der Waals surface area (Å²) >= 11 is 1.53. The van der Waals surface area contributed by atoms with Gasteiger partial charge in [0.05, 0.1) is 11.3 Å². The molecule has 25 heavy (non-hydrogen) atoms. The number of aromatic nitrogens is 2. The molecule has 0 aliphatic carbocycles. The molecule has 0 spiro atoms. The highest BCUT2D eigenvalue weighted by Crippen LogP contribution is 2.38. The quantitative estimate of drug-likeness (QED) is 0.772. The van der Waals surface area contributed by atoms with E-state index in [0.29, 0.717) is 25.9 Å². The minimum atomic E-state index is -0.727. The van der Waals surface area contributed by atoms with E-state index in [1.165, 1.54) is 23.5 Å². The lowest BCUT2D eigenvalue weighted by molar-refractivity contribution is -0.142. The number of carbonyl (C=O) groups is 1. The van der Waals surface area contributed by atoms with Crippen LogP contribution in [0.1, 0.15) is 12.8 Å². The first kappa shape index (κ1) is 16.0.